The zero-order valence-corrected chi connectivity index (χ0v) is 40.3. The molecule has 5 N–H and O–H groups in total. The van der Waals surface area contributed by atoms with Crippen molar-refractivity contribution in [3.8, 4) is 0 Å². The molecule has 2 aromatic rings. The number of nitrogens with one attached hydrogen (secondary N) is 2. The number of benzene rings is 1. The van der Waals surface area contributed by atoms with Crippen molar-refractivity contribution < 1.29 is 51.4 Å². The van der Waals surface area contributed by atoms with Crippen molar-refractivity contribution in [3.05, 3.63) is 54.1 Å². The van der Waals surface area contributed by atoms with Crippen LogP contribution in [0.1, 0.15) is 115 Å². The van der Waals surface area contributed by atoms with Gasteiger partial charge in [0.15, 0.2) is 24.9 Å². The Morgan fingerprint density at radius 3 is 2.08 bits per heavy atom. The predicted molar refractivity (Wildman–Crippen MR) is 242 cm³/mol. The molecule has 0 bridgehead atoms. The van der Waals surface area contributed by atoms with Crippen molar-refractivity contribution in [2.24, 2.45) is 35.3 Å². The number of nitrogens with zero attached hydrogens (tertiary/aromatic N) is 2. The number of rotatable bonds is 32. The van der Waals surface area contributed by atoms with Crippen LogP contribution in [0.4, 0.5) is 0 Å². The number of carbonyl (C=O) groups excluding carboxylic acids is 5. The molecular formula is C44H70N5O11P3+2. The number of aryl methyl sites for hydroxylation is 2. The highest BCUT2D eigenvalue weighted by molar-refractivity contribution is 7.66. The number of aliphatic hydroxyl groups is 1. The molecule has 0 spiro atoms. The van der Waals surface area contributed by atoms with Crippen molar-refractivity contribution >= 4 is 52.9 Å². The SMILES string of the molecule is CC(C)C[C@H](NC(=O)C1CCCC1)C(=O)C[C@@H](Cc1cncn1CCCCCCCCc1ccccc1)C(=O)N[C@@H](CO)C(=O)C[C@H](C(N)=O)[C@@H](C)CP(=O)(O[P+](C)=O)O[P+](C)=O. The molecule has 3 amide bonds. The molecule has 1 aliphatic carbocycles. The summed E-state index contributed by atoms with van der Waals surface area (Å²) in [7, 11) is -9.19. The summed E-state index contributed by atoms with van der Waals surface area (Å²) < 4.78 is 48.9. The summed E-state index contributed by atoms with van der Waals surface area (Å²) in [5.41, 5.74) is 7.71. The summed E-state index contributed by atoms with van der Waals surface area (Å²) >= 11 is 0. The van der Waals surface area contributed by atoms with Crippen molar-refractivity contribution in [3.63, 3.8) is 0 Å². The average molecular weight is 938 g/mol. The van der Waals surface area contributed by atoms with Gasteiger partial charge in [-0.2, -0.15) is 0 Å². The summed E-state index contributed by atoms with van der Waals surface area (Å²) in [6.45, 7) is 7.39. The third-order valence-corrected chi connectivity index (χ3v) is 16.4. The van der Waals surface area contributed by atoms with E-state index < -0.39 is 90.3 Å². The molecule has 1 aromatic carbocycles. The van der Waals surface area contributed by atoms with E-state index in [1.807, 2.05) is 24.5 Å². The molecule has 1 aliphatic rings. The van der Waals surface area contributed by atoms with Crippen LogP contribution in [0.3, 0.4) is 0 Å². The fourth-order valence-electron chi connectivity index (χ4n) is 8.17. The van der Waals surface area contributed by atoms with Crippen molar-refractivity contribution in [2.45, 2.75) is 136 Å². The number of imidazole rings is 1. The van der Waals surface area contributed by atoms with Crippen LogP contribution in [0.5, 0.6) is 0 Å². The predicted octanol–water partition coefficient (Wildman–Crippen LogP) is 7.45. The van der Waals surface area contributed by atoms with E-state index in [9.17, 15) is 42.8 Å². The van der Waals surface area contributed by atoms with Gasteiger partial charge < -0.3 is 26.0 Å². The molecule has 350 valence electrons. The van der Waals surface area contributed by atoms with Crippen molar-refractivity contribution in [1.29, 1.82) is 0 Å². The monoisotopic (exact) mass is 937 g/mol. The lowest BCUT2D eigenvalue weighted by Crippen LogP contribution is -2.49. The smallest absolute Gasteiger partial charge is 0.394 e. The Morgan fingerprint density at radius 1 is 0.889 bits per heavy atom. The van der Waals surface area contributed by atoms with E-state index in [0.717, 1.165) is 84.0 Å². The second-order valence-electron chi connectivity index (χ2n) is 17.4. The van der Waals surface area contributed by atoms with Gasteiger partial charge in [-0.1, -0.05) is 98.2 Å². The van der Waals surface area contributed by atoms with Gasteiger partial charge in [0.05, 0.1) is 31.1 Å². The molecule has 1 saturated carbocycles. The van der Waals surface area contributed by atoms with Gasteiger partial charge in [0, 0.05) is 49.5 Å². The van der Waals surface area contributed by atoms with Crippen LogP contribution >= 0.6 is 23.7 Å². The zero-order chi connectivity index (χ0) is 46.5. The van der Waals surface area contributed by atoms with E-state index in [1.54, 1.807) is 12.5 Å². The lowest BCUT2D eigenvalue weighted by Gasteiger charge is -2.26. The molecule has 0 radical (unpaired) electrons. The van der Waals surface area contributed by atoms with E-state index in [2.05, 4.69) is 39.9 Å². The molecule has 0 aliphatic heterocycles. The number of unbranched alkanes of at least 4 members (excludes halogenated alkanes) is 5. The van der Waals surface area contributed by atoms with Gasteiger partial charge >= 0.3 is 23.7 Å². The maximum absolute atomic E-state index is 14.2. The Morgan fingerprint density at radius 2 is 1.49 bits per heavy atom. The summed E-state index contributed by atoms with van der Waals surface area (Å²) in [6, 6.07) is 8.10. The van der Waals surface area contributed by atoms with Crippen LogP contribution in [-0.2, 0) is 65.7 Å². The van der Waals surface area contributed by atoms with Crippen LogP contribution in [0.25, 0.3) is 0 Å². The molecule has 19 heteroatoms. The highest BCUT2D eigenvalue weighted by atomic mass is 31.3. The minimum absolute atomic E-state index is 0.0544. The van der Waals surface area contributed by atoms with Crippen LogP contribution in [-0.4, -0.2) is 82.1 Å². The van der Waals surface area contributed by atoms with Gasteiger partial charge in [-0.15, -0.1) is 0 Å². The Kier molecular flexibility index (Phi) is 23.7. The van der Waals surface area contributed by atoms with Crippen LogP contribution < -0.4 is 16.4 Å². The summed E-state index contributed by atoms with van der Waals surface area (Å²) in [6.07, 6.45) is 13.2. The number of aromatic nitrogens is 2. The Hall–Kier alpha value is -3.51. The molecule has 16 nitrogen and oxygen atoms in total. The van der Waals surface area contributed by atoms with Crippen LogP contribution in [0.2, 0.25) is 0 Å². The number of carbonyl (C=O) groups is 5. The number of Topliss-reactive ketones (excluding diaryl/α,β-unsaturated/α-hetero) is 2. The molecule has 2 unspecified atom stereocenters. The van der Waals surface area contributed by atoms with E-state index >= 15 is 0 Å². The molecule has 1 aromatic heterocycles. The van der Waals surface area contributed by atoms with Crippen LogP contribution in [0, 0.1) is 29.6 Å². The van der Waals surface area contributed by atoms with Gasteiger partial charge in [0.2, 0.25) is 17.7 Å². The first kappa shape index (κ1) is 53.8. The topological polar surface area (TPSA) is 243 Å². The number of ketones is 2. The normalized spacial score (nSPS) is 16.9. The summed E-state index contributed by atoms with van der Waals surface area (Å²) in [5, 5.41) is 16.0. The lowest BCUT2D eigenvalue weighted by atomic mass is 9.87. The number of hydrogen-bond donors (Lipinski definition) is 4. The molecule has 7 atom stereocenters. The fraction of sp³-hybridized carbons (Fsp3) is 0.682. The minimum Gasteiger partial charge on any atom is -0.394 e. The second kappa shape index (κ2) is 27.7. The average Bonchev–Trinajstić information content (AvgIpc) is 3.91. The van der Waals surface area contributed by atoms with E-state index in [-0.39, 0.29) is 36.4 Å². The maximum Gasteiger partial charge on any atom is 0.513 e. The standard InChI is InChI=1S/C44H68N5O11P3/c1-31(2)23-38(47-43(54)34-20-14-15-21-34)40(51)25-35(24-36-27-46-30-49(36)22-16-9-7-6-8-11-17-33-18-12-10-13-19-33)44(55)48-39(28-50)41(52)26-37(42(45)53)32(3)29-63(58,59-61(4)56)60-62(5)57/h10,12-13,18-19,27,30-32,34-35,37-39,50H,6-9,11,14-17,20-26,28-29H2,1-5H3,(H2-2,45,47,48,53,54,55)/p+2/t32-,35+,37-,38-,39-/m0/s1. The third kappa shape index (κ3) is 19.6. The Balaban J connectivity index is 1.76. The number of hydrogen-bond acceptors (Lipinski definition) is 12. The van der Waals surface area contributed by atoms with Crippen molar-refractivity contribution in [1.82, 2.24) is 20.2 Å². The van der Waals surface area contributed by atoms with E-state index in [1.165, 1.54) is 12.5 Å². The maximum atomic E-state index is 14.2. The van der Waals surface area contributed by atoms with Gasteiger partial charge in [-0.3, -0.25) is 28.5 Å². The van der Waals surface area contributed by atoms with Gasteiger partial charge in [0.1, 0.15) is 6.04 Å². The number of aliphatic hydroxyl groups excluding tert-OH is 1. The number of amides is 3. The molecule has 3 rings (SSSR count). The number of primary amides is 1. The lowest BCUT2D eigenvalue weighted by molar-refractivity contribution is -0.135. The first-order valence-electron chi connectivity index (χ1n) is 22.3. The van der Waals surface area contributed by atoms with Crippen LogP contribution in [0.15, 0.2) is 42.9 Å². The largest absolute Gasteiger partial charge is 0.513 e. The quantitative estimate of drug-likeness (QED) is 0.0413. The molecule has 0 saturated heterocycles. The Labute approximate surface area is 374 Å². The molecule has 1 heterocycles. The number of nitrogens with two attached hydrogens (primary N) is 1. The summed E-state index contributed by atoms with van der Waals surface area (Å²) in [5.74, 6) is -6.34. The highest BCUT2D eigenvalue weighted by Gasteiger charge is 2.45. The first-order chi connectivity index (χ1) is 29.9. The molecule has 1 fully saturated rings. The van der Waals surface area contributed by atoms with E-state index in [0.29, 0.717) is 18.7 Å². The molecular weight excluding hydrogens is 867 g/mol. The van der Waals surface area contributed by atoms with E-state index in [4.69, 9.17) is 14.4 Å². The van der Waals surface area contributed by atoms with Gasteiger partial charge in [-0.05, 0) is 65.1 Å². The van der Waals surface area contributed by atoms with Gasteiger partial charge in [-0.25, -0.2) is 4.98 Å². The second-order valence-corrected chi connectivity index (χ2v) is 22.1. The van der Waals surface area contributed by atoms with Crippen molar-refractivity contribution in [2.75, 3.05) is 26.1 Å². The highest BCUT2D eigenvalue weighted by Crippen LogP contribution is 2.61. The first-order valence-corrected chi connectivity index (χ1v) is 27.3. The fourth-order valence-corrected chi connectivity index (χ4v) is 12.9. The Bertz CT molecular complexity index is 1850. The minimum atomic E-state index is -4.27. The van der Waals surface area contributed by atoms with Gasteiger partial charge in [0.25, 0.3) is 0 Å². The molecule has 63 heavy (non-hydrogen) atoms. The summed E-state index contributed by atoms with van der Waals surface area (Å²) in [4.78, 5) is 72.3. The third-order valence-electron chi connectivity index (χ3n) is 11.5. The zero-order valence-electron chi connectivity index (χ0n) is 37.7.